The lowest BCUT2D eigenvalue weighted by Gasteiger charge is -2.22. The van der Waals surface area contributed by atoms with Crippen molar-refractivity contribution in [2.45, 2.75) is 46.0 Å². The summed E-state index contributed by atoms with van der Waals surface area (Å²) >= 11 is 0. The molecule has 0 amide bonds. The summed E-state index contributed by atoms with van der Waals surface area (Å²) in [6, 6.07) is 3.91. The van der Waals surface area contributed by atoms with E-state index < -0.39 is 0 Å². The SMILES string of the molecule is CNCCOCCOC(=O)CCc1cc(C)c(O)c(C(C)(C)C)c1. The van der Waals surface area contributed by atoms with Crippen LogP contribution >= 0.6 is 0 Å². The van der Waals surface area contributed by atoms with Gasteiger partial charge in [-0.15, -0.1) is 0 Å². The number of esters is 1. The Morgan fingerprint density at radius 2 is 1.92 bits per heavy atom. The summed E-state index contributed by atoms with van der Waals surface area (Å²) < 4.78 is 10.5. The van der Waals surface area contributed by atoms with Crippen LogP contribution in [0, 0.1) is 6.92 Å². The average Bonchev–Trinajstić information content (AvgIpc) is 2.50. The number of ether oxygens (including phenoxy) is 2. The maximum absolute atomic E-state index is 11.8. The normalized spacial score (nSPS) is 11.5. The van der Waals surface area contributed by atoms with E-state index in [0.29, 0.717) is 31.8 Å². The monoisotopic (exact) mass is 337 g/mol. The summed E-state index contributed by atoms with van der Waals surface area (Å²) in [5.41, 5.74) is 2.64. The van der Waals surface area contributed by atoms with Crippen LogP contribution in [-0.2, 0) is 26.1 Å². The van der Waals surface area contributed by atoms with Gasteiger partial charge in [0.25, 0.3) is 0 Å². The molecule has 0 unspecified atom stereocenters. The predicted molar refractivity (Wildman–Crippen MR) is 95.6 cm³/mol. The highest BCUT2D eigenvalue weighted by atomic mass is 16.6. The number of carbonyl (C=O) groups excluding carboxylic acids is 1. The van der Waals surface area contributed by atoms with Crippen LogP contribution in [0.4, 0.5) is 0 Å². The van der Waals surface area contributed by atoms with Gasteiger partial charge in [-0.3, -0.25) is 4.79 Å². The van der Waals surface area contributed by atoms with Crippen molar-refractivity contribution >= 4 is 5.97 Å². The van der Waals surface area contributed by atoms with Crippen molar-refractivity contribution in [3.63, 3.8) is 0 Å². The molecule has 0 aliphatic heterocycles. The van der Waals surface area contributed by atoms with E-state index >= 15 is 0 Å². The third-order valence-corrected chi connectivity index (χ3v) is 3.77. The van der Waals surface area contributed by atoms with Crippen molar-refractivity contribution in [1.29, 1.82) is 0 Å². The number of rotatable bonds is 9. The fourth-order valence-corrected chi connectivity index (χ4v) is 2.38. The van der Waals surface area contributed by atoms with Gasteiger partial charge in [0.2, 0.25) is 0 Å². The Hall–Kier alpha value is -1.59. The fraction of sp³-hybridized carbons (Fsp3) is 0.632. The van der Waals surface area contributed by atoms with E-state index in [4.69, 9.17) is 9.47 Å². The summed E-state index contributed by atoms with van der Waals surface area (Å²) in [6.07, 6.45) is 0.925. The van der Waals surface area contributed by atoms with Gasteiger partial charge in [-0.1, -0.05) is 32.9 Å². The first-order chi connectivity index (χ1) is 11.3. The molecule has 1 rings (SSSR count). The third kappa shape index (κ3) is 6.89. The molecule has 2 N–H and O–H groups in total. The molecular weight excluding hydrogens is 306 g/mol. The summed E-state index contributed by atoms with van der Waals surface area (Å²) in [6.45, 7) is 10.2. The minimum Gasteiger partial charge on any atom is -0.507 e. The van der Waals surface area contributed by atoms with Crippen LogP contribution in [0.25, 0.3) is 0 Å². The molecule has 0 aliphatic rings. The molecule has 136 valence electrons. The Balaban J connectivity index is 2.47. The third-order valence-electron chi connectivity index (χ3n) is 3.77. The summed E-state index contributed by atoms with van der Waals surface area (Å²) in [7, 11) is 1.86. The van der Waals surface area contributed by atoms with Crippen molar-refractivity contribution < 1.29 is 19.4 Å². The van der Waals surface area contributed by atoms with Gasteiger partial charge < -0.3 is 19.9 Å². The molecular formula is C19H31NO4. The number of hydrogen-bond acceptors (Lipinski definition) is 5. The lowest BCUT2D eigenvalue weighted by atomic mass is 9.83. The van der Waals surface area contributed by atoms with Crippen molar-refractivity contribution in [2.24, 2.45) is 0 Å². The molecule has 0 aromatic heterocycles. The number of aryl methyl sites for hydroxylation is 2. The van der Waals surface area contributed by atoms with Gasteiger partial charge in [0.05, 0.1) is 13.2 Å². The van der Waals surface area contributed by atoms with Crippen molar-refractivity contribution in [2.75, 3.05) is 33.4 Å². The number of phenolic OH excluding ortho intramolecular Hbond substituents is 1. The number of nitrogens with one attached hydrogen (secondary N) is 1. The maximum Gasteiger partial charge on any atom is 0.306 e. The van der Waals surface area contributed by atoms with Gasteiger partial charge >= 0.3 is 5.97 Å². The van der Waals surface area contributed by atoms with Gasteiger partial charge in [-0.05, 0) is 42.5 Å². The van der Waals surface area contributed by atoms with E-state index in [0.717, 1.165) is 23.2 Å². The molecule has 0 heterocycles. The Labute approximate surface area is 145 Å². The molecule has 0 atom stereocenters. The second-order valence-electron chi connectivity index (χ2n) is 7.00. The van der Waals surface area contributed by atoms with Crippen LogP contribution in [0.1, 0.15) is 43.9 Å². The van der Waals surface area contributed by atoms with Crippen LogP contribution in [0.2, 0.25) is 0 Å². The Morgan fingerprint density at radius 3 is 2.54 bits per heavy atom. The standard InChI is InChI=1S/C19H31NO4/c1-14-12-15(13-16(18(14)22)19(2,3)4)6-7-17(21)24-11-10-23-9-8-20-5/h12-13,20,22H,6-11H2,1-5H3. The number of carbonyl (C=O) groups is 1. The van der Waals surface area contributed by atoms with Gasteiger partial charge in [0, 0.05) is 13.0 Å². The first-order valence-electron chi connectivity index (χ1n) is 8.46. The highest BCUT2D eigenvalue weighted by Gasteiger charge is 2.20. The lowest BCUT2D eigenvalue weighted by Crippen LogP contribution is -2.17. The summed E-state index contributed by atoms with van der Waals surface area (Å²) in [4.78, 5) is 11.8. The minimum atomic E-state index is -0.227. The van der Waals surface area contributed by atoms with Crippen LogP contribution in [-0.4, -0.2) is 44.5 Å². The van der Waals surface area contributed by atoms with Crippen molar-refractivity contribution in [1.82, 2.24) is 5.32 Å². The molecule has 24 heavy (non-hydrogen) atoms. The lowest BCUT2D eigenvalue weighted by molar-refractivity contribution is -0.145. The molecule has 1 aromatic carbocycles. The van der Waals surface area contributed by atoms with Crippen molar-refractivity contribution in [3.8, 4) is 5.75 Å². The summed E-state index contributed by atoms with van der Waals surface area (Å²) in [5, 5.41) is 13.2. The van der Waals surface area contributed by atoms with Crippen LogP contribution < -0.4 is 5.32 Å². The number of aromatic hydroxyl groups is 1. The first-order valence-corrected chi connectivity index (χ1v) is 8.46. The minimum absolute atomic E-state index is 0.143. The van der Waals surface area contributed by atoms with Crippen LogP contribution in [0.5, 0.6) is 5.75 Å². The number of benzene rings is 1. The predicted octanol–water partition coefficient (Wildman–Crippen LogP) is 2.71. The molecule has 0 radical (unpaired) electrons. The van der Waals surface area contributed by atoms with Gasteiger partial charge in [-0.25, -0.2) is 0 Å². The highest BCUT2D eigenvalue weighted by molar-refractivity contribution is 5.69. The Morgan fingerprint density at radius 1 is 1.21 bits per heavy atom. The van der Waals surface area contributed by atoms with Gasteiger partial charge in [0.15, 0.2) is 0 Å². The molecule has 5 nitrogen and oxygen atoms in total. The van der Waals surface area contributed by atoms with E-state index in [-0.39, 0.29) is 18.0 Å². The fourth-order valence-electron chi connectivity index (χ4n) is 2.38. The Kier molecular flexibility index (Phi) is 8.22. The smallest absolute Gasteiger partial charge is 0.306 e. The topological polar surface area (TPSA) is 67.8 Å². The molecule has 0 spiro atoms. The molecule has 5 heteroatoms. The van der Waals surface area contributed by atoms with Crippen LogP contribution in [0.15, 0.2) is 12.1 Å². The number of hydrogen-bond donors (Lipinski definition) is 2. The zero-order valence-corrected chi connectivity index (χ0v) is 15.6. The molecule has 0 aliphatic carbocycles. The first kappa shape index (κ1) is 20.5. The second-order valence-corrected chi connectivity index (χ2v) is 7.00. The quantitative estimate of drug-likeness (QED) is 0.536. The molecule has 0 fully saturated rings. The van der Waals surface area contributed by atoms with Crippen molar-refractivity contribution in [3.05, 3.63) is 28.8 Å². The second kappa shape index (κ2) is 9.64. The molecule has 1 aromatic rings. The van der Waals surface area contributed by atoms with E-state index in [1.807, 2.05) is 26.1 Å². The van der Waals surface area contributed by atoms with E-state index in [1.54, 1.807) is 0 Å². The van der Waals surface area contributed by atoms with E-state index in [1.165, 1.54) is 0 Å². The Bertz CT molecular complexity index is 535. The van der Waals surface area contributed by atoms with Gasteiger partial charge in [0.1, 0.15) is 12.4 Å². The number of likely N-dealkylation sites (N-methyl/N-ethyl adjacent to an activating group) is 1. The largest absolute Gasteiger partial charge is 0.507 e. The average molecular weight is 337 g/mol. The van der Waals surface area contributed by atoms with E-state index in [2.05, 4.69) is 26.1 Å². The molecule has 0 saturated carbocycles. The molecule has 0 bridgehead atoms. The van der Waals surface area contributed by atoms with E-state index in [9.17, 15) is 9.90 Å². The zero-order valence-electron chi connectivity index (χ0n) is 15.6. The highest BCUT2D eigenvalue weighted by Crippen LogP contribution is 2.34. The summed E-state index contributed by atoms with van der Waals surface area (Å²) in [5.74, 6) is 0.114. The number of phenols is 1. The van der Waals surface area contributed by atoms with Crippen LogP contribution in [0.3, 0.4) is 0 Å². The molecule has 0 saturated heterocycles. The zero-order chi connectivity index (χ0) is 18.2. The maximum atomic E-state index is 11.8. The van der Waals surface area contributed by atoms with Gasteiger partial charge in [-0.2, -0.15) is 0 Å².